The first-order valence-corrected chi connectivity index (χ1v) is 9.85. The van der Waals surface area contributed by atoms with Crippen LogP contribution in [0.3, 0.4) is 0 Å². The molecule has 0 bridgehead atoms. The molecule has 0 aromatic rings. The van der Waals surface area contributed by atoms with Crippen LogP contribution in [0.2, 0.25) is 4.87 Å². The van der Waals surface area contributed by atoms with Gasteiger partial charge < -0.3 is 0 Å². The average Bonchev–Trinajstić information content (AvgIpc) is 1.63. The van der Waals surface area contributed by atoms with Gasteiger partial charge in [0.2, 0.25) is 0 Å². The summed E-state index contributed by atoms with van der Waals surface area (Å²) in [5.74, 6) is 2.87. The van der Waals surface area contributed by atoms with Gasteiger partial charge in [0.25, 0.3) is 0 Å². The van der Waals surface area contributed by atoms with E-state index in [9.17, 15) is 0 Å². The van der Waals surface area contributed by atoms with Crippen LogP contribution in [-0.2, 0) is 0 Å². The number of hydrogen-bond acceptors (Lipinski definition) is 2. The molecule has 0 saturated carbocycles. The molecule has 1 rings (SSSR count). The van der Waals surface area contributed by atoms with Crippen molar-refractivity contribution in [3.05, 3.63) is 0 Å². The van der Waals surface area contributed by atoms with Crippen LogP contribution in [0, 0.1) is 0 Å². The molecule has 1 fully saturated rings. The van der Waals surface area contributed by atoms with E-state index in [2.05, 4.69) is 28.4 Å². The Bertz CT molecular complexity index is 64.1. The summed E-state index contributed by atoms with van der Waals surface area (Å²) >= 11 is 4.44. The van der Waals surface area contributed by atoms with Gasteiger partial charge in [0, 0.05) is 0 Å². The Balaban J connectivity index is 0.000000640. The average molecular weight is 273 g/mol. The molecule has 3 heteroatoms. The fourth-order valence-electron chi connectivity index (χ4n) is 0.511. The fourth-order valence-corrected chi connectivity index (χ4v) is 6.13. The van der Waals surface area contributed by atoms with Gasteiger partial charge in [-0.2, -0.15) is 0 Å². The van der Waals surface area contributed by atoms with Crippen LogP contribution >= 0.6 is 23.5 Å². The van der Waals surface area contributed by atoms with Crippen LogP contribution in [0.15, 0.2) is 0 Å². The first-order chi connectivity index (χ1) is 3.93. The Hall–Kier alpha value is 1.52. The molecule has 0 radical (unpaired) electrons. The second-order valence-electron chi connectivity index (χ2n) is 1.82. The van der Waals surface area contributed by atoms with Crippen molar-refractivity contribution < 1.29 is 0 Å². The van der Waals surface area contributed by atoms with Crippen LogP contribution in [0.25, 0.3) is 0 Å². The van der Waals surface area contributed by atoms with Crippen molar-refractivity contribution in [1.82, 2.24) is 0 Å². The summed E-state index contributed by atoms with van der Waals surface area (Å²) < 4.78 is 1.54. The summed E-state index contributed by atoms with van der Waals surface area (Å²) in [7, 11) is 0. The summed E-state index contributed by atoms with van der Waals surface area (Å²) in [6.45, 7) is 0. The minimum atomic E-state index is 0. The molecule has 0 aliphatic carbocycles. The molecule has 0 nitrogen and oxygen atoms in total. The van der Waals surface area contributed by atoms with E-state index in [1.54, 1.807) is 0 Å². The SMILES string of the molecule is C.[CH3][SbH][CH2]SC1CSC1. The van der Waals surface area contributed by atoms with Crippen molar-refractivity contribution in [2.75, 3.05) is 15.2 Å². The van der Waals surface area contributed by atoms with Gasteiger partial charge in [0.1, 0.15) is 0 Å². The second kappa shape index (κ2) is 6.24. The molecule has 0 aromatic carbocycles. The molecule has 0 spiro atoms. The van der Waals surface area contributed by atoms with E-state index in [-0.39, 0.29) is 29.0 Å². The van der Waals surface area contributed by atoms with Crippen molar-refractivity contribution in [3.63, 3.8) is 0 Å². The van der Waals surface area contributed by atoms with Crippen molar-refractivity contribution >= 4 is 45.1 Å². The molecule has 0 unspecified atom stereocenters. The van der Waals surface area contributed by atoms with Crippen LogP contribution in [0.1, 0.15) is 7.43 Å². The van der Waals surface area contributed by atoms with E-state index in [4.69, 9.17) is 0 Å². The van der Waals surface area contributed by atoms with Gasteiger partial charge in [-0.25, -0.2) is 0 Å². The standard InChI is InChI=1S/C4H7S2.CH4.CH3.Sb.H/c1-5-4-2-6-3-4;;;;/h4H,1-3H2;1H4;1H3;;. The van der Waals surface area contributed by atoms with Crippen molar-refractivity contribution in [1.29, 1.82) is 0 Å². The molecule has 1 aliphatic heterocycles. The van der Waals surface area contributed by atoms with Crippen LogP contribution < -0.4 is 0 Å². The summed E-state index contributed by atoms with van der Waals surface area (Å²) in [5.41, 5.74) is 0. The molecule has 9 heavy (non-hydrogen) atoms. The van der Waals surface area contributed by atoms with Gasteiger partial charge in [0.05, 0.1) is 0 Å². The van der Waals surface area contributed by atoms with E-state index >= 15 is 0 Å². The Morgan fingerprint density at radius 1 is 1.67 bits per heavy atom. The fraction of sp³-hybridized carbons (Fsp3) is 1.00. The van der Waals surface area contributed by atoms with Gasteiger partial charge in [-0.3, -0.25) is 0 Å². The Morgan fingerprint density at radius 3 is 2.67 bits per heavy atom. The molecule has 56 valence electrons. The summed E-state index contributed by atoms with van der Waals surface area (Å²) in [6.07, 6.45) is 0. The van der Waals surface area contributed by atoms with E-state index < -0.39 is 0 Å². The van der Waals surface area contributed by atoms with Crippen molar-refractivity contribution in [3.8, 4) is 0 Å². The van der Waals surface area contributed by atoms with Gasteiger partial charge in [-0.05, 0) is 0 Å². The normalized spacial score (nSPS) is 18.3. The first-order valence-electron chi connectivity index (χ1n) is 2.77. The Labute approximate surface area is 77.5 Å². The Kier molecular flexibility index (Phi) is 7.30. The summed E-state index contributed by atoms with van der Waals surface area (Å²) in [6, 6.07) is 0. The van der Waals surface area contributed by atoms with Gasteiger partial charge in [-0.15, -0.1) is 0 Å². The molecule has 0 atom stereocenters. The quantitative estimate of drug-likeness (QED) is 0.720. The van der Waals surface area contributed by atoms with Crippen molar-refractivity contribution in [2.45, 2.75) is 17.5 Å². The minimum absolute atomic E-state index is 0. The topological polar surface area (TPSA) is 0 Å². The maximum atomic E-state index is 2.42. The van der Waals surface area contributed by atoms with E-state index in [1.165, 1.54) is 15.2 Å². The van der Waals surface area contributed by atoms with E-state index in [1.807, 2.05) is 0 Å². The summed E-state index contributed by atoms with van der Waals surface area (Å²) in [4.78, 5) is 2.42. The molecule has 1 aliphatic rings. The van der Waals surface area contributed by atoms with Gasteiger partial charge in [-0.1, -0.05) is 7.43 Å². The zero-order chi connectivity index (χ0) is 5.82. The number of hydrogen-bond donors (Lipinski definition) is 0. The molecule has 0 aromatic heterocycles. The third-order valence-electron chi connectivity index (χ3n) is 1.07. The summed E-state index contributed by atoms with van der Waals surface area (Å²) in [5, 5.41) is 1.06. The molecular formula is C6H15S2Sb. The molecular weight excluding hydrogens is 258 g/mol. The third-order valence-corrected chi connectivity index (χ3v) is 7.93. The molecule has 0 amide bonds. The predicted octanol–water partition coefficient (Wildman–Crippen LogP) is 1.91. The third kappa shape index (κ3) is 4.06. The zero-order valence-electron chi connectivity index (χ0n) is 5.02. The van der Waals surface area contributed by atoms with Crippen molar-refractivity contribution in [2.24, 2.45) is 0 Å². The monoisotopic (exact) mass is 272 g/mol. The second-order valence-corrected chi connectivity index (χ2v) is 8.68. The van der Waals surface area contributed by atoms with E-state index in [0.29, 0.717) is 0 Å². The number of thioether (sulfide) groups is 2. The van der Waals surface area contributed by atoms with Gasteiger partial charge >= 0.3 is 70.5 Å². The van der Waals surface area contributed by atoms with Crippen LogP contribution in [0.4, 0.5) is 0 Å². The van der Waals surface area contributed by atoms with Crippen LogP contribution in [-0.4, -0.2) is 42.1 Å². The molecule has 1 heterocycles. The molecule has 0 N–H and O–H groups in total. The van der Waals surface area contributed by atoms with Gasteiger partial charge in [0.15, 0.2) is 0 Å². The molecule has 1 saturated heterocycles. The Morgan fingerprint density at radius 2 is 2.33 bits per heavy atom. The number of rotatable bonds is 3. The maximum absolute atomic E-state index is 2.42. The predicted molar refractivity (Wildman–Crippen MR) is 53.3 cm³/mol. The van der Waals surface area contributed by atoms with E-state index in [0.717, 1.165) is 5.25 Å². The zero-order valence-corrected chi connectivity index (χ0v) is 9.50. The van der Waals surface area contributed by atoms with Crippen LogP contribution in [0.5, 0.6) is 0 Å². The first kappa shape index (κ1) is 10.5.